The summed E-state index contributed by atoms with van der Waals surface area (Å²) in [5, 5.41) is 0.584. The van der Waals surface area contributed by atoms with Crippen LogP contribution in [0.2, 0.25) is 5.02 Å². The van der Waals surface area contributed by atoms with Crippen LogP contribution < -0.4 is 0 Å². The zero-order chi connectivity index (χ0) is 14.9. The van der Waals surface area contributed by atoms with E-state index in [2.05, 4.69) is 15.9 Å². The normalized spacial score (nSPS) is 25.0. The lowest BCUT2D eigenvalue weighted by Crippen LogP contribution is -2.45. The smallest absolute Gasteiger partial charge is 0.166 e. The molecule has 1 spiro atoms. The van der Waals surface area contributed by atoms with Gasteiger partial charge in [0.2, 0.25) is 0 Å². The Labute approximate surface area is 138 Å². The third-order valence-corrected chi connectivity index (χ3v) is 5.09. The highest BCUT2D eigenvalue weighted by molar-refractivity contribution is 9.10. The van der Waals surface area contributed by atoms with Crippen molar-refractivity contribution in [1.29, 1.82) is 0 Å². The number of ether oxygens (including phenoxy) is 2. The first-order chi connectivity index (χ1) is 10.1. The summed E-state index contributed by atoms with van der Waals surface area (Å²) in [6.45, 7) is 2.10. The minimum atomic E-state index is -0.160. The summed E-state index contributed by atoms with van der Waals surface area (Å²) in [6.07, 6.45) is 3.34. The van der Waals surface area contributed by atoms with Gasteiger partial charge in [-0.3, -0.25) is 4.79 Å². The van der Waals surface area contributed by atoms with Crippen molar-refractivity contribution in [2.45, 2.75) is 31.3 Å². The number of hydrogen-bond donors (Lipinski definition) is 0. The summed E-state index contributed by atoms with van der Waals surface area (Å²) < 4.78 is 12.3. The molecule has 1 aromatic carbocycles. The van der Waals surface area contributed by atoms with Crippen LogP contribution >= 0.6 is 27.5 Å². The number of benzene rings is 1. The molecule has 1 unspecified atom stereocenters. The molecule has 3 rings (SSSR count). The van der Waals surface area contributed by atoms with Gasteiger partial charge in [0, 0.05) is 40.8 Å². The third kappa shape index (κ3) is 3.50. The fraction of sp³-hybridized carbons (Fsp3) is 0.562. The second-order valence-electron chi connectivity index (χ2n) is 5.86. The average Bonchev–Trinajstić information content (AvgIpc) is 2.46. The van der Waals surface area contributed by atoms with Crippen LogP contribution in [0.15, 0.2) is 22.7 Å². The molecule has 1 aromatic rings. The van der Waals surface area contributed by atoms with Gasteiger partial charge in [0.1, 0.15) is 0 Å². The van der Waals surface area contributed by atoms with Gasteiger partial charge in [-0.1, -0.05) is 27.5 Å². The number of halogens is 2. The summed E-state index contributed by atoms with van der Waals surface area (Å²) in [5.41, 5.74) is 0.524. The van der Waals surface area contributed by atoms with E-state index in [0.29, 0.717) is 17.2 Å². The predicted octanol–water partition coefficient (Wildman–Crippen LogP) is 4.26. The van der Waals surface area contributed by atoms with Crippen molar-refractivity contribution in [3.8, 4) is 0 Å². The Morgan fingerprint density at radius 3 is 2.71 bits per heavy atom. The molecular weight excluding hydrogens is 356 g/mol. The number of ketones is 1. The Morgan fingerprint density at radius 2 is 2.00 bits per heavy atom. The maximum absolute atomic E-state index is 12.8. The molecule has 21 heavy (non-hydrogen) atoms. The molecule has 2 saturated heterocycles. The van der Waals surface area contributed by atoms with E-state index in [0.717, 1.165) is 43.4 Å². The number of Topliss-reactive ketones (excluding diaryl/α,β-unsaturated/α-hetero) is 1. The van der Waals surface area contributed by atoms with Crippen LogP contribution in [-0.2, 0) is 9.47 Å². The second-order valence-corrected chi connectivity index (χ2v) is 7.21. The van der Waals surface area contributed by atoms with Gasteiger partial charge in [-0.05, 0) is 43.9 Å². The highest BCUT2D eigenvalue weighted by Gasteiger charge is 2.41. The molecule has 0 aliphatic carbocycles. The Hall–Kier alpha value is -0.420. The highest BCUT2D eigenvalue weighted by Crippen LogP contribution is 2.38. The molecule has 2 aliphatic heterocycles. The number of rotatable bonds is 2. The first-order valence-corrected chi connectivity index (χ1v) is 8.47. The van der Waals surface area contributed by atoms with Crippen molar-refractivity contribution in [3.63, 3.8) is 0 Å². The van der Waals surface area contributed by atoms with Crippen molar-refractivity contribution < 1.29 is 14.3 Å². The molecule has 0 amide bonds. The van der Waals surface area contributed by atoms with Crippen molar-refractivity contribution in [3.05, 3.63) is 33.3 Å². The second kappa shape index (κ2) is 6.37. The fourth-order valence-corrected chi connectivity index (χ4v) is 4.14. The third-order valence-electron chi connectivity index (χ3n) is 4.41. The summed E-state index contributed by atoms with van der Waals surface area (Å²) in [6, 6.07) is 5.39. The van der Waals surface area contributed by atoms with Crippen molar-refractivity contribution in [2.75, 3.05) is 19.8 Å². The van der Waals surface area contributed by atoms with E-state index >= 15 is 0 Å². The van der Waals surface area contributed by atoms with Gasteiger partial charge in [0.15, 0.2) is 5.78 Å². The Morgan fingerprint density at radius 1 is 1.24 bits per heavy atom. The minimum Gasteiger partial charge on any atom is -0.381 e. The summed E-state index contributed by atoms with van der Waals surface area (Å²) in [4.78, 5) is 12.8. The molecule has 0 aromatic heterocycles. The molecule has 5 heteroatoms. The molecule has 0 radical (unpaired) electrons. The van der Waals surface area contributed by atoms with E-state index in [1.54, 1.807) is 12.1 Å². The zero-order valence-electron chi connectivity index (χ0n) is 11.7. The van der Waals surface area contributed by atoms with Gasteiger partial charge in [-0.2, -0.15) is 0 Å². The largest absolute Gasteiger partial charge is 0.381 e. The lowest BCUT2D eigenvalue weighted by atomic mass is 9.78. The van der Waals surface area contributed by atoms with Gasteiger partial charge in [0.25, 0.3) is 0 Å². The van der Waals surface area contributed by atoms with Crippen LogP contribution in [0, 0.1) is 5.92 Å². The Kier molecular flexibility index (Phi) is 4.69. The maximum Gasteiger partial charge on any atom is 0.166 e. The first-order valence-electron chi connectivity index (χ1n) is 7.30. The Bertz CT molecular complexity index is 515. The summed E-state index contributed by atoms with van der Waals surface area (Å²) >= 11 is 9.45. The van der Waals surface area contributed by atoms with Crippen LogP contribution in [0.1, 0.15) is 36.0 Å². The fourth-order valence-electron chi connectivity index (χ4n) is 3.28. The maximum atomic E-state index is 12.8. The molecule has 1 atom stereocenters. The van der Waals surface area contributed by atoms with E-state index in [9.17, 15) is 4.79 Å². The van der Waals surface area contributed by atoms with Gasteiger partial charge < -0.3 is 9.47 Å². The highest BCUT2D eigenvalue weighted by atomic mass is 79.9. The zero-order valence-corrected chi connectivity index (χ0v) is 14.1. The predicted molar refractivity (Wildman–Crippen MR) is 84.9 cm³/mol. The lowest BCUT2D eigenvalue weighted by molar-refractivity contribution is -0.142. The molecule has 114 valence electrons. The molecule has 0 N–H and O–H groups in total. The van der Waals surface area contributed by atoms with Gasteiger partial charge in [-0.15, -0.1) is 0 Å². The van der Waals surface area contributed by atoms with Crippen LogP contribution in [0.5, 0.6) is 0 Å². The van der Waals surface area contributed by atoms with Crippen LogP contribution in [0.25, 0.3) is 0 Å². The van der Waals surface area contributed by atoms with E-state index in [-0.39, 0.29) is 17.3 Å². The quantitative estimate of drug-likeness (QED) is 0.727. The van der Waals surface area contributed by atoms with Gasteiger partial charge >= 0.3 is 0 Å². The van der Waals surface area contributed by atoms with Crippen LogP contribution in [0.3, 0.4) is 0 Å². The molecular formula is C16H18BrClO3. The van der Waals surface area contributed by atoms with Crippen molar-refractivity contribution >= 4 is 33.3 Å². The monoisotopic (exact) mass is 372 g/mol. The SMILES string of the molecule is O=C(c1cc(Cl)cc(Br)c1)C1CCOC2(CCOCC2)C1. The molecule has 0 bridgehead atoms. The number of carbonyl (C=O) groups is 1. The molecule has 2 aliphatic rings. The van der Waals surface area contributed by atoms with E-state index in [1.165, 1.54) is 0 Å². The Balaban J connectivity index is 1.77. The summed E-state index contributed by atoms with van der Waals surface area (Å²) in [5.74, 6) is 0.189. The van der Waals surface area contributed by atoms with E-state index in [1.807, 2.05) is 6.07 Å². The standard InChI is InChI=1S/C16H18BrClO3/c17-13-7-12(8-14(18)9-13)15(19)11-1-4-21-16(10-11)2-5-20-6-3-16/h7-9,11H,1-6,10H2. The summed E-state index contributed by atoms with van der Waals surface area (Å²) in [7, 11) is 0. The number of hydrogen-bond acceptors (Lipinski definition) is 3. The number of carbonyl (C=O) groups excluding carboxylic acids is 1. The van der Waals surface area contributed by atoms with Gasteiger partial charge in [0.05, 0.1) is 5.60 Å². The minimum absolute atomic E-state index is 0.0159. The van der Waals surface area contributed by atoms with Crippen molar-refractivity contribution in [2.24, 2.45) is 5.92 Å². The van der Waals surface area contributed by atoms with Crippen molar-refractivity contribution in [1.82, 2.24) is 0 Å². The van der Waals surface area contributed by atoms with Crippen LogP contribution in [-0.4, -0.2) is 31.2 Å². The molecule has 3 nitrogen and oxygen atoms in total. The molecule has 0 saturated carbocycles. The van der Waals surface area contributed by atoms with E-state index in [4.69, 9.17) is 21.1 Å². The van der Waals surface area contributed by atoms with Gasteiger partial charge in [-0.25, -0.2) is 0 Å². The topological polar surface area (TPSA) is 35.5 Å². The average molecular weight is 374 g/mol. The van der Waals surface area contributed by atoms with E-state index < -0.39 is 0 Å². The molecule has 2 fully saturated rings. The lowest BCUT2D eigenvalue weighted by Gasteiger charge is -2.42. The first kappa shape index (κ1) is 15.5. The van der Waals surface area contributed by atoms with Crippen LogP contribution in [0.4, 0.5) is 0 Å². The molecule has 2 heterocycles.